The van der Waals surface area contributed by atoms with Crippen molar-refractivity contribution in [3.05, 3.63) is 41.5 Å². The molecule has 25 heavy (non-hydrogen) atoms. The molecule has 0 heterocycles. The summed E-state index contributed by atoms with van der Waals surface area (Å²) in [6.45, 7) is 0. The van der Waals surface area contributed by atoms with Crippen molar-refractivity contribution in [1.29, 1.82) is 0 Å². The van der Waals surface area contributed by atoms with Crippen molar-refractivity contribution in [3.8, 4) is 28.7 Å². The zero-order valence-corrected chi connectivity index (χ0v) is 14.8. The van der Waals surface area contributed by atoms with Crippen LogP contribution < -0.4 is 18.9 Å². The maximum Gasteiger partial charge on any atom is 0.203 e. The van der Waals surface area contributed by atoms with E-state index in [4.69, 9.17) is 18.9 Å². The maximum atomic E-state index is 12.5. The van der Waals surface area contributed by atoms with Crippen molar-refractivity contribution >= 4 is 5.78 Å². The van der Waals surface area contributed by atoms with Crippen molar-refractivity contribution < 1.29 is 28.8 Å². The van der Waals surface area contributed by atoms with Gasteiger partial charge in [0.15, 0.2) is 28.8 Å². The van der Waals surface area contributed by atoms with E-state index < -0.39 is 0 Å². The zero-order valence-electron chi connectivity index (χ0n) is 14.8. The molecule has 6 nitrogen and oxygen atoms in total. The number of phenolic OH excluding ortho intramolecular Hbond substituents is 1. The number of Topliss-reactive ketones (excluding diaryl/α,β-unsaturated/α-hetero) is 1. The minimum Gasteiger partial charge on any atom is -0.504 e. The number of methoxy groups -OCH3 is 4. The standard InChI is InChI=1S/C19H22O6/c1-22-15-9-6-12(11-17(15)24-3)5-8-14(20)13-7-10-16(23-2)19(25-4)18(13)21/h6-7,9-11,21H,5,8H2,1-4H3. The minimum absolute atomic E-state index is 0.152. The maximum absolute atomic E-state index is 12.5. The fourth-order valence-electron chi connectivity index (χ4n) is 2.56. The van der Waals surface area contributed by atoms with E-state index in [2.05, 4.69) is 0 Å². The second kappa shape index (κ2) is 8.28. The highest BCUT2D eigenvalue weighted by atomic mass is 16.5. The topological polar surface area (TPSA) is 74.2 Å². The molecule has 0 atom stereocenters. The van der Waals surface area contributed by atoms with Crippen LogP contribution in [-0.4, -0.2) is 39.3 Å². The molecule has 0 amide bonds. The van der Waals surface area contributed by atoms with E-state index in [1.165, 1.54) is 20.3 Å². The van der Waals surface area contributed by atoms with Crippen LogP contribution in [0.2, 0.25) is 0 Å². The third kappa shape index (κ3) is 3.96. The fraction of sp³-hybridized carbons (Fsp3) is 0.316. The van der Waals surface area contributed by atoms with E-state index in [1.807, 2.05) is 12.1 Å². The van der Waals surface area contributed by atoms with Gasteiger partial charge in [-0.05, 0) is 36.2 Å². The van der Waals surface area contributed by atoms with Crippen LogP contribution in [-0.2, 0) is 6.42 Å². The second-order valence-corrected chi connectivity index (χ2v) is 5.31. The number of aryl methyl sites for hydroxylation is 1. The first kappa shape index (κ1) is 18.4. The van der Waals surface area contributed by atoms with Gasteiger partial charge in [-0.25, -0.2) is 0 Å². The molecule has 0 saturated carbocycles. The Hall–Kier alpha value is -2.89. The van der Waals surface area contributed by atoms with Gasteiger partial charge < -0.3 is 24.1 Å². The average Bonchev–Trinajstić information content (AvgIpc) is 2.65. The third-order valence-electron chi connectivity index (χ3n) is 3.91. The zero-order chi connectivity index (χ0) is 18.4. The molecule has 6 heteroatoms. The van der Waals surface area contributed by atoms with Crippen molar-refractivity contribution in [3.63, 3.8) is 0 Å². The number of benzene rings is 2. The summed E-state index contributed by atoms with van der Waals surface area (Å²) in [6.07, 6.45) is 0.742. The lowest BCUT2D eigenvalue weighted by Gasteiger charge is -2.12. The van der Waals surface area contributed by atoms with Gasteiger partial charge in [-0.3, -0.25) is 4.79 Å². The van der Waals surface area contributed by atoms with Crippen molar-refractivity contribution in [1.82, 2.24) is 0 Å². The Morgan fingerprint density at radius 3 is 2.12 bits per heavy atom. The van der Waals surface area contributed by atoms with Gasteiger partial charge in [0.25, 0.3) is 0 Å². The van der Waals surface area contributed by atoms with E-state index in [-0.39, 0.29) is 29.3 Å². The summed E-state index contributed by atoms with van der Waals surface area (Å²) >= 11 is 0. The quantitative estimate of drug-likeness (QED) is 0.740. The van der Waals surface area contributed by atoms with Crippen LogP contribution in [0.4, 0.5) is 0 Å². The molecule has 2 aromatic rings. The Kier molecular flexibility index (Phi) is 6.11. The van der Waals surface area contributed by atoms with Crippen LogP contribution in [0, 0.1) is 0 Å². The molecular weight excluding hydrogens is 324 g/mol. The van der Waals surface area contributed by atoms with Crippen LogP contribution in [0.15, 0.2) is 30.3 Å². The number of carbonyl (C=O) groups excluding carboxylic acids is 1. The lowest BCUT2D eigenvalue weighted by atomic mass is 10.0. The number of phenols is 1. The average molecular weight is 346 g/mol. The molecule has 0 aromatic heterocycles. The van der Waals surface area contributed by atoms with Gasteiger partial charge in [-0.1, -0.05) is 6.07 Å². The molecule has 0 aliphatic carbocycles. The number of ether oxygens (including phenoxy) is 4. The highest BCUT2D eigenvalue weighted by molar-refractivity contribution is 5.99. The molecule has 0 spiro atoms. The highest BCUT2D eigenvalue weighted by Gasteiger charge is 2.19. The summed E-state index contributed by atoms with van der Waals surface area (Å²) in [6, 6.07) is 8.64. The monoisotopic (exact) mass is 346 g/mol. The second-order valence-electron chi connectivity index (χ2n) is 5.31. The first-order chi connectivity index (χ1) is 12.0. The molecule has 134 valence electrons. The molecule has 1 N–H and O–H groups in total. The lowest BCUT2D eigenvalue weighted by molar-refractivity contribution is 0.0979. The molecule has 2 aromatic carbocycles. The highest BCUT2D eigenvalue weighted by Crippen LogP contribution is 2.39. The van der Waals surface area contributed by atoms with E-state index in [1.54, 1.807) is 26.4 Å². The van der Waals surface area contributed by atoms with Crippen LogP contribution in [0.1, 0.15) is 22.3 Å². The molecule has 0 saturated heterocycles. The Morgan fingerprint density at radius 1 is 0.880 bits per heavy atom. The van der Waals surface area contributed by atoms with Gasteiger partial charge in [-0.15, -0.1) is 0 Å². The van der Waals surface area contributed by atoms with Gasteiger partial charge in [0.05, 0.1) is 34.0 Å². The number of hydrogen-bond acceptors (Lipinski definition) is 6. The third-order valence-corrected chi connectivity index (χ3v) is 3.91. The molecule has 0 aliphatic rings. The van der Waals surface area contributed by atoms with Gasteiger partial charge >= 0.3 is 0 Å². The SMILES string of the molecule is COc1ccc(CCC(=O)c2ccc(OC)c(OC)c2O)cc1OC. The number of rotatable bonds is 8. The Bertz CT molecular complexity index is 754. The number of carbonyl (C=O) groups is 1. The Labute approximate surface area is 146 Å². The predicted octanol–water partition coefficient (Wildman–Crippen LogP) is 3.24. The molecule has 0 fully saturated rings. The van der Waals surface area contributed by atoms with Gasteiger partial charge in [-0.2, -0.15) is 0 Å². The summed E-state index contributed by atoms with van der Waals surface area (Å²) in [7, 11) is 6.01. The van der Waals surface area contributed by atoms with Crippen LogP contribution >= 0.6 is 0 Å². The van der Waals surface area contributed by atoms with Gasteiger partial charge in [0, 0.05) is 6.42 Å². The van der Waals surface area contributed by atoms with E-state index >= 15 is 0 Å². The normalized spacial score (nSPS) is 10.2. The van der Waals surface area contributed by atoms with E-state index in [0.717, 1.165) is 5.56 Å². The first-order valence-corrected chi connectivity index (χ1v) is 7.73. The molecule has 2 rings (SSSR count). The summed E-state index contributed by atoms with van der Waals surface area (Å²) in [5.41, 5.74) is 1.14. The van der Waals surface area contributed by atoms with Crippen molar-refractivity contribution in [2.45, 2.75) is 12.8 Å². The lowest BCUT2D eigenvalue weighted by Crippen LogP contribution is -2.04. The summed E-state index contributed by atoms with van der Waals surface area (Å²) in [5, 5.41) is 10.3. The minimum atomic E-state index is -0.209. The van der Waals surface area contributed by atoms with E-state index in [9.17, 15) is 9.90 Å². The summed E-state index contributed by atoms with van der Waals surface area (Å²) in [5.74, 6) is 1.37. The Balaban J connectivity index is 2.15. The molecule has 0 unspecified atom stereocenters. The summed E-state index contributed by atoms with van der Waals surface area (Å²) < 4.78 is 20.7. The number of ketones is 1. The van der Waals surface area contributed by atoms with Crippen LogP contribution in [0.3, 0.4) is 0 Å². The van der Waals surface area contributed by atoms with Crippen molar-refractivity contribution in [2.24, 2.45) is 0 Å². The number of aromatic hydroxyl groups is 1. The van der Waals surface area contributed by atoms with Gasteiger partial charge in [0.2, 0.25) is 5.75 Å². The Morgan fingerprint density at radius 2 is 1.52 bits per heavy atom. The van der Waals surface area contributed by atoms with Crippen LogP contribution in [0.5, 0.6) is 28.7 Å². The first-order valence-electron chi connectivity index (χ1n) is 7.73. The smallest absolute Gasteiger partial charge is 0.203 e. The van der Waals surface area contributed by atoms with Crippen molar-refractivity contribution in [2.75, 3.05) is 28.4 Å². The van der Waals surface area contributed by atoms with Gasteiger partial charge in [0.1, 0.15) is 0 Å². The molecule has 0 aliphatic heterocycles. The molecule has 0 bridgehead atoms. The number of hydrogen-bond donors (Lipinski definition) is 1. The predicted molar refractivity (Wildman–Crippen MR) is 93.4 cm³/mol. The molecule has 0 radical (unpaired) electrons. The largest absolute Gasteiger partial charge is 0.504 e. The van der Waals surface area contributed by atoms with E-state index in [0.29, 0.717) is 23.7 Å². The van der Waals surface area contributed by atoms with Crippen LogP contribution in [0.25, 0.3) is 0 Å². The summed E-state index contributed by atoms with van der Waals surface area (Å²) in [4.78, 5) is 12.5. The fourth-order valence-corrected chi connectivity index (χ4v) is 2.56. The molecular formula is C19H22O6.